The van der Waals surface area contributed by atoms with Gasteiger partial charge in [-0.1, -0.05) is 49.9 Å². The molecule has 3 aromatic rings. The molecule has 34 heavy (non-hydrogen) atoms. The first kappa shape index (κ1) is 23.6. The molecular weight excluding hydrogens is 446 g/mol. The fraction of sp³-hybridized carbons (Fsp3) is 0.308. The molecule has 0 atom stereocenters. The summed E-state index contributed by atoms with van der Waals surface area (Å²) >= 11 is 1.20. The number of carbonyl (C=O) groups excluding carboxylic acids is 1. The van der Waals surface area contributed by atoms with Crippen LogP contribution in [0.15, 0.2) is 69.9 Å². The molecule has 4 rings (SSSR count). The number of nitrogens with zero attached hydrogens (tertiary/aromatic N) is 5. The third kappa shape index (κ3) is 4.31. The highest BCUT2D eigenvalue weighted by molar-refractivity contribution is 7.99. The minimum Gasteiger partial charge on any atom is -0.328 e. The molecule has 174 valence electrons. The second kappa shape index (κ2) is 9.74. The molecule has 0 saturated carbocycles. The van der Waals surface area contributed by atoms with E-state index in [0.29, 0.717) is 34.3 Å². The first-order valence-electron chi connectivity index (χ1n) is 11.2. The maximum Gasteiger partial charge on any atom is 0.262 e. The molecule has 0 bridgehead atoms. The van der Waals surface area contributed by atoms with Crippen LogP contribution < -0.4 is 15.4 Å². The molecule has 8 heteroatoms. The van der Waals surface area contributed by atoms with E-state index >= 15 is 0 Å². The lowest BCUT2D eigenvalue weighted by molar-refractivity contribution is -0.112. The molecule has 1 aliphatic heterocycles. The Morgan fingerprint density at radius 2 is 1.68 bits per heavy atom. The molecule has 0 amide bonds. The Morgan fingerprint density at radius 3 is 2.29 bits per heavy atom. The Bertz CT molecular complexity index is 1350. The van der Waals surface area contributed by atoms with E-state index in [4.69, 9.17) is 0 Å². The van der Waals surface area contributed by atoms with Crippen molar-refractivity contribution in [3.8, 4) is 6.07 Å². The van der Waals surface area contributed by atoms with Crippen molar-refractivity contribution in [2.24, 2.45) is 5.92 Å². The highest BCUT2D eigenvalue weighted by Crippen LogP contribution is 2.40. The third-order valence-corrected chi connectivity index (χ3v) is 6.92. The summed E-state index contributed by atoms with van der Waals surface area (Å²) in [4.78, 5) is 34.8. The van der Waals surface area contributed by atoms with E-state index in [1.807, 2.05) is 60.3 Å². The van der Waals surface area contributed by atoms with Gasteiger partial charge in [0.1, 0.15) is 17.5 Å². The fourth-order valence-electron chi connectivity index (χ4n) is 4.10. The van der Waals surface area contributed by atoms with Gasteiger partial charge in [-0.3, -0.25) is 14.2 Å². The molecular formula is C26H27N5O2S. The number of thioether (sulfide) groups is 1. The number of ketones is 1. The second-order valence-electron chi connectivity index (χ2n) is 8.68. The summed E-state index contributed by atoms with van der Waals surface area (Å²) in [6.45, 7) is 4.74. The van der Waals surface area contributed by atoms with Crippen molar-refractivity contribution in [3.05, 3.63) is 70.3 Å². The Balaban J connectivity index is 1.65. The maximum absolute atomic E-state index is 13.2. The third-order valence-electron chi connectivity index (χ3n) is 5.94. The highest BCUT2D eigenvalue weighted by atomic mass is 32.2. The fourth-order valence-corrected chi connectivity index (χ4v) is 5.00. The van der Waals surface area contributed by atoms with Crippen molar-refractivity contribution in [3.63, 3.8) is 0 Å². The van der Waals surface area contributed by atoms with Gasteiger partial charge in [-0.2, -0.15) is 5.26 Å². The number of nitriles is 1. The predicted molar refractivity (Wildman–Crippen MR) is 137 cm³/mol. The molecule has 0 N–H and O–H groups in total. The van der Waals surface area contributed by atoms with Gasteiger partial charge in [0.05, 0.1) is 28.0 Å². The smallest absolute Gasteiger partial charge is 0.262 e. The van der Waals surface area contributed by atoms with Gasteiger partial charge in [-0.05, 0) is 36.6 Å². The number of aromatic nitrogens is 2. The molecule has 7 nitrogen and oxygen atoms in total. The Kier molecular flexibility index (Phi) is 6.75. The van der Waals surface area contributed by atoms with Crippen molar-refractivity contribution in [1.29, 1.82) is 5.26 Å². The molecule has 0 fully saturated rings. The van der Waals surface area contributed by atoms with Crippen LogP contribution in [0.3, 0.4) is 0 Å². The van der Waals surface area contributed by atoms with E-state index in [0.717, 1.165) is 17.8 Å². The van der Waals surface area contributed by atoms with Crippen LogP contribution in [0.5, 0.6) is 0 Å². The van der Waals surface area contributed by atoms with Crippen LogP contribution in [0.1, 0.15) is 20.3 Å². The van der Waals surface area contributed by atoms with E-state index in [2.05, 4.69) is 24.9 Å². The first-order chi connectivity index (χ1) is 16.3. The molecule has 1 aliphatic rings. The lowest BCUT2D eigenvalue weighted by Crippen LogP contribution is -2.27. The Morgan fingerprint density at radius 1 is 1.06 bits per heavy atom. The number of hydrogen-bond acceptors (Lipinski definition) is 7. The summed E-state index contributed by atoms with van der Waals surface area (Å²) in [5.74, 6) is 0.685. The minimum absolute atomic E-state index is 0.0108. The Labute approximate surface area is 203 Å². The summed E-state index contributed by atoms with van der Waals surface area (Å²) in [5.41, 5.74) is 2.46. The lowest BCUT2D eigenvalue weighted by Gasteiger charge is -2.20. The predicted octanol–water partition coefficient (Wildman–Crippen LogP) is 4.43. The number of fused-ring (bicyclic) bond motifs is 2. The average molecular weight is 474 g/mol. The van der Waals surface area contributed by atoms with Gasteiger partial charge >= 0.3 is 0 Å². The molecule has 0 unspecified atom stereocenters. The standard InChI is InChI=1S/C26H27N5O2S/c1-17(2)13-14-31-25(33)18-9-5-6-10-20(18)28-26(31)34-16-23(32)19(15-27)24-29(3)21-11-7-8-12-22(21)30(24)4/h5-12,17H,13-14,16H2,1-4H3. The van der Waals surface area contributed by atoms with Crippen LogP contribution in [0.2, 0.25) is 0 Å². The average Bonchev–Trinajstić information content (AvgIpc) is 3.08. The van der Waals surface area contributed by atoms with Gasteiger partial charge in [-0.15, -0.1) is 0 Å². The van der Waals surface area contributed by atoms with E-state index < -0.39 is 0 Å². The largest absolute Gasteiger partial charge is 0.328 e. The molecule has 0 aliphatic carbocycles. The van der Waals surface area contributed by atoms with Crippen molar-refractivity contribution in [1.82, 2.24) is 9.55 Å². The SMILES string of the molecule is CC(C)CCn1c(SCC(=O)C(C#N)=C2N(C)c3ccccc3N2C)nc2ccccc2c1=O. The topological polar surface area (TPSA) is 82.2 Å². The quantitative estimate of drug-likeness (QED) is 0.217. The van der Waals surface area contributed by atoms with Gasteiger partial charge in [0.25, 0.3) is 5.56 Å². The first-order valence-corrected chi connectivity index (χ1v) is 12.2. The monoisotopic (exact) mass is 473 g/mol. The number of benzene rings is 2. The zero-order chi connectivity index (χ0) is 24.4. The summed E-state index contributed by atoms with van der Waals surface area (Å²) in [6.07, 6.45) is 0.822. The van der Waals surface area contributed by atoms with Gasteiger partial charge in [0.15, 0.2) is 10.9 Å². The highest BCUT2D eigenvalue weighted by Gasteiger charge is 2.31. The molecule has 0 spiro atoms. The number of hydrogen-bond donors (Lipinski definition) is 0. The van der Waals surface area contributed by atoms with Crippen molar-refractivity contribution in [2.45, 2.75) is 32.0 Å². The molecule has 1 aromatic heterocycles. The van der Waals surface area contributed by atoms with Crippen LogP contribution in [-0.2, 0) is 11.3 Å². The number of carbonyl (C=O) groups is 1. The summed E-state index contributed by atoms with van der Waals surface area (Å²) in [7, 11) is 3.70. The van der Waals surface area contributed by atoms with Gasteiger partial charge in [-0.25, -0.2) is 4.98 Å². The summed E-state index contributed by atoms with van der Waals surface area (Å²) in [6, 6.07) is 17.1. The molecule has 2 heterocycles. The summed E-state index contributed by atoms with van der Waals surface area (Å²) < 4.78 is 1.66. The summed E-state index contributed by atoms with van der Waals surface area (Å²) in [5, 5.41) is 11.0. The van der Waals surface area contributed by atoms with E-state index in [-0.39, 0.29) is 22.7 Å². The van der Waals surface area contributed by atoms with Crippen LogP contribution in [0.25, 0.3) is 10.9 Å². The van der Waals surface area contributed by atoms with E-state index in [9.17, 15) is 14.9 Å². The Hall–Kier alpha value is -3.57. The van der Waals surface area contributed by atoms with E-state index in [1.165, 1.54) is 11.8 Å². The zero-order valence-corrected chi connectivity index (χ0v) is 20.6. The molecule has 0 radical (unpaired) electrons. The minimum atomic E-state index is -0.299. The number of rotatable bonds is 7. The second-order valence-corrected chi connectivity index (χ2v) is 9.62. The normalized spacial score (nSPS) is 12.9. The maximum atomic E-state index is 13.2. The number of Topliss-reactive ketones (excluding diaryl/α,β-unsaturated/α-hetero) is 1. The van der Waals surface area contributed by atoms with Crippen LogP contribution in [0.4, 0.5) is 11.4 Å². The number of allylic oxidation sites excluding steroid dienone is 1. The van der Waals surface area contributed by atoms with Crippen LogP contribution in [-0.4, -0.2) is 35.2 Å². The number of para-hydroxylation sites is 3. The lowest BCUT2D eigenvalue weighted by atomic mass is 10.1. The van der Waals surface area contributed by atoms with Crippen molar-refractivity contribution < 1.29 is 4.79 Å². The van der Waals surface area contributed by atoms with Crippen molar-refractivity contribution >= 4 is 39.8 Å². The van der Waals surface area contributed by atoms with Crippen LogP contribution >= 0.6 is 11.8 Å². The molecule has 0 saturated heterocycles. The zero-order valence-electron chi connectivity index (χ0n) is 19.8. The van der Waals surface area contributed by atoms with E-state index in [1.54, 1.807) is 16.7 Å². The van der Waals surface area contributed by atoms with Crippen LogP contribution in [0, 0.1) is 17.2 Å². The molecule has 2 aromatic carbocycles. The van der Waals surface area contributed by atoms with Gasteiger partial charge in [0.2, 0.25) is 0 Å². The number of anilines is 2. The van der Waals surface area contributed by atoms with Crippen molar-refractivity contribution in [2.75, 3.05) is 29.6 Å². The van der Waals surface area contributed by atoms with Gasteiger partial charge in [0, 0.05) is 20.6 Å². The van der Waals surface area contributed by atoms with Gasteiger partial charge < -0.3 is 9.80 Å².